The monoisotopic (exact) mass is 562 g/mol. The number of para-hydroxylation sites is 1. The highest BCUT2D eigenvalue weighted by Crippen LogP contribution is 2.35. The van der Waals surface area contributed by atoms with Gasteiger partial charge in [-0.2, -0.15) is 0 Å². The Hall–Kier alpha value is -3.98. The van der Waals surface area contributed by atoms with Crippen molar-refractivity contribution in [2.75, 3.05) is 10.2 Å². The molecule has 190 valence electrons. The lowest BCUT2D eigenvalue weighted by Gasteiger charge is -2.29. The highest BCUT2D eigenvalue weighted by molar-refractivity contribution is 7.80. The normalized spacial score (nSPS) is 14.8. The maximum absolute atomic E-state index is 13.5. The number of carbonyl (C=O) groups excluding carboxylic acids is 3. The standard InChI is InChI=1S/C28H20Cl2N4O3S/c1-16-9-11-18(12-10-16)31-24(35)15-33-14-17(19-5-2-3-7-22(19)33)13-20-26(36)32-28(38)34(27(20)37)23-8-4-6-21(29)25(23)30/h2-14H,15H2,1H3,(H,31,35)(H,32,36,38)/b20-13+. The predicted molar refractivity (Wildman–Crippen MR) is 154 cm³/mol. The van der Waals surface area contributed by atoms with E-state index in [0.717, 1.165) is 21.4 Å². The number of amides is 3. The van der Waals surface area contributed by atoms with E-state index in [9.17, 15) is 14.4 Å². The van der Waals surface area contributed by atoms with E-state index in [0.29, 0.717) is 11.3 Å². The fourth-order valence-electron chi connectivity index (χ4n) is 4.21. The summed E-state index contributed by atoms with van der Waals surface area (Å²) in [6.07, 6.45) is 3.22. The zero-order valence-corrected chi connectivity index (χ0v) is 22.3. The molecule has 1 saturated heterocycles. The minimum atomic E-state index is -0.642. The van der Waals surface area contributed by atoms with Gasteiger partial charge in [-0.15, -0.1) is 0 Å². The van der Waals surface area contributed by atoms with Crippen LogP contribution in [0.2, 0.25) is 10.0 Å². The van der Waals surface area contributed by atoms with E-state index in [1.165, 1.54) is 6.08 Å². The molecular formula is C28H20Cl2N4O3S. The van der Waals surface area contributed by atoms with E-state index in [1.807, 2.05) is 55.5 Å². The van der Waals surface area contributed by atoms with Crippen molar-refractivity contribution in [2.45, 2.75) is 13.5 Å². The van der Waals surface area contributed by atoms with Gasteiger partial charge in [0.1, 0.15) is 12.1 Å². The number of benzene rings is 3. The SMILES string of the molecule is Cc1ccc(NC(=O)Cn2cc(/C=C3\C(=O)NC(=S)N(c4cccc(Cl)c4Cl)C3=O)c3ccccc32)cc1. The Morgan fingerprint density at radius 2 is 1.76 bits per heavy atom. The molecule has 10 heteroatoms. The molecule has 0 unspecified atom stereocenters. The summed E-state index contributed by atoms with van der Waals surface area (Å²) >= 11 is 17.7. The van der Waals surface area contributed by atoms with Crippen molar-refractivity contribution in [3.8, 4) is 0 Å². The van der Waals surface area contributed by atoms with Gasteiger partial charge < -0.3 is 9.88 Å². The van der Waals surface area contributed by atoms with Crippen molar-refractivity contribution < 1.29 is 14.4 Å². The second-order valence-electron chi connectivity index (χ2n) is 8.67. The number of hydrogen-bond donors (Lipinski definition) is 2. The molecule has 1 aliphatic rings. The first-order valence-electron chi connectivity index (χ1n) is 11.5. The number of rotatable bonds is 5. The fourth-order valence-corrected chi connectivity index (χ4v) is 4.86. The maximum Gasteiger partial charge on any atom is 0.270 e. The highest BCUT2D eigenvalue weighted by Gasteiger charge is 2.36. The molecule has 0 saturated carbocycles. The van der Waals surface area contributed by atoms with E-state index < -0.39 is 11.8 Å². The molecule has 4 aromatic rings. The number of carbonyl (C=O) groups is 3. The molecule has 0 atom stereocenters. The first kappa shape index (κ1) is 25.7. The van der Waals surface area contributed by atoms with Gasteiger partial charge in [0.05, 0.1) is 15.7 Å². The number of aryl methyl sites for hydroxylation is 1. The lowest BCUT2D eigenvalue weighted by Crippen LogP contribution is -2.54. The Morgan fingerprint density at radius 3 is 2.53 bits per heavy atom. The highest BCUT2D eigenvalue weighted by atomic mass is 35.5. The van der Waals surface area contributed by atoms with Crippen LogP contribution >= 0.6 is 35.4 Å². The van der Waals surface area contributed by atoms with Crippen molar-refractivity contribution in [1.29, 1.82) is 0 Å². The van der Waals surface area contributed by atoms with Crippen LogP contribution in [0.3, 0.4) is 0 Å². The molecular weight excluding hydrogens is 543 g/mol. The van der Waals surface area contributed by atoms with Crippen LogP contribution in [0.5, 0.6) is 0 Å². The molecule has 2 heterocycles. The van der Waals surface area contributed by atoms with Gasteiger partial charge in [-0.05, 0) is 55.5 Å². The molecule has 5 rings (SSSR count). The van der Waals surface area contributed by atoms with E-state index >= 15 is 0 Å². The lowest BCUT2D eigenvalue weighted by atomic mass is 10.1. The van der Waals surface area contributed by atoms with Crippen molar-refractivity contribution in [1.82, 2.24) is 9.88 Å². The first-order chi connectivity index (χ1) is 18.2. The summed E-state index contributed by atoms with van der Waals surface area (Å²) in [4.78, 5) is 40.3. The number of aromatic nitrogens is 1. The second-order valence-corrected chi connectivity index (χ2v) is 9.85. The smallest absolute Gasteiger partial charge is 0.270 e. The molecule has 3 amide bonds. The molecule has 0 spiro atoms. The second kappa shape index (κ2) is 10.4. The third-order valence-corrected chi connectivity index (χ3v) is 7.14. The van der Waals surface area contributed by atoms with Gasteiger partial charge in [0, 0.05) is 28.4 Å². The molecule has 0 radical (unpaired) electrons. The van der Waals surface area contributed by atoms with Crippen molar-refractivity contribution in [3.05, 3.63) is 99.7 Å². The largest absolute Gasteiger partial charge is 0.337 e. The number of nitrogens with zero attached hydrogens (tertiary/aromatic N) is 2. The number of nitrogens with one attached hydrogen (secondary N) is 2. The third-order valence-electron chi connectivity index (χ3n) is 6.04. The quantitative estimate of drug-likeness (QED) is 0.185. The van der Waals surface area contributed by atoms with E-state index in [4.69, 9.17) is 35.4 Å². The van der Waals surface area contributed by atoms with Crippen molar-refractivity contribution >= 4 is 86.6 Å². The molecule has 7 nitrogen and oxygen atoms in total. The van der Waals surface area contributed by atoms with E-state index in [1.54, 1.807) is 29.0 Å². The summed E-state index contributed by atoms with van der Waals surface area (Å²) in [6, 6.07) is 19.8. The lowest BCUT2D eigenvalue weighted by molar-refractivity contribution is -0.122. The minimum absolute atomic E-state index is 0.0338. The van der Waals surface area contributed by atoms with Crippen LogP contribution in [-0.4, -0.2) is 27.4 Å². The summed E-state index contributed by atoms with van der Waals surface area (Å²) in [5, 5.41) is 6.49. The minimum Gasteiger partial charge on any atom is -0.337 e. The zero-order valence-electron chi connectivity index (χ0n) is 20.0. The average Bonchev–Trinajstić information content (AvgIpc) is 3.22. The molecule has 38 heavy (non-hydrogen) atoms. The maximum atomic E-state index is 13.5. The van der Waals surface area contributed by atoms with Gasteiger partial charge in [-0.1, -0.05) is 65.2 Å². The molecule has 3 aromatic carbocycles. The Labute approximate surface area is 233 Å². The van der Waals surface area contributed by atoms with E-state index in [2.05, 4.69) is 10.6 Å². The summed E-state index contributed by atoms with van der Waals surface area (Å²) in [5.41, 5.74) is 3.27. The van der Waals surface area contributed by atoms with Crippen LogP contribution in [0, 0.1) is 6.92 Å². The van der Waals surface area contributed by atoms with Gasteiger partial charge in [0.25, 0.3) is 11.8 Å². The van der Waals surface area contributed by atoms with Crippen LogP contribution in [0.15, 0.2) is 78.5 Å². The van der Waals surface area contributed by atoms with Crippen molar-refractivity contribution in [2.24, 2.45) is 0 Å². The van der Waals surface area contributed by atoms with Crippen LogP contribution in [0.1, 0.15) is 11.1 Å². The molecule has 0 bridgehead atoms. The Morgan fingerprint density at radius 1 is 1.03 bits per heavy atom. The fraction of sp³-hybridized carbons (Fsp3) is 0.0714. The number of fused-ring (bicyclic) bond motifs is 1. The Bertz CT molecular complexity index is 1660. The van der Waals surface area contributed by atoms with Crippen LogP contribution in [0.25, 0.3) is 17.0 Å². The molecule has 1 fully saturated rings. The van der Waals surface area contributed by atoms with Crippen LogP contribution in [0.4, 0.5) is 11.4 Å². The Balaban J connectivity index is 1.49. The summed E-state index contributed by atoms with van der Waals surface area (Å²) in [5.74, 6) is -1.49. The number of anilines is 2. The van der Waals surface area contributed by atoms with Crippen LogP contribution in [-0.2, 0) is 20.9 Å². The van der Waals surface area contributed by atoms with Gasteiger partial charge >= 0.3 is 0 Å². The molecule has 0 aliphatic carbocycles. The van der Waals surface area contributed by atoms with Crippen molar-refractivity contribution in [3.63, 3.8) is 0 Å². The molecule has 1 aromatic heterocycles. The average molecular weight is 563 g/mol. The Kier molecular flexibility index (Phi) is 7.03. The number of thiocarbonyl (C=S) groups is 1. The summed E-state index contributed by atoms with van der Waals surface area (Å²) in [7, 11) is 0. The predicted octanol–water partition coefficient (Wildman–Crippen LogP) is 5.73. The van der Waals surface area contributed by atoms with Gasteiger partial charge in [-0.3, -0.25) is 24.6 Å². The van der Waals surface area contributed by atoms with Gasteiger partial charge in [0.15, 0.2) is 5.11 Å². The zero-order chi connectivity index (χ0) is 27.0. The van der Waals surface area contributed by atoms with Gasteiger partial charge in [-0.25, -0.2) is 0 Å². The summed E-state index contributed by atoms with van der Waals surface area (Å²) in [6.45, 7) is 2.01. The third kappa shape index (κ3) is 4.93. The molecule has 2 N–H and O–H groups in total. The molecule has 1 aliphatic heterocycles. The summed E-state index contributed by atoms with van der Waals surface area (Å²) < 4.78 is 1.77. The topological polar surface area (TPSA) is 83.4 Å². The first-order valence-corrected chi connectivity index (χ1v) is 12.7. The number of halogens is 2. The van der Waals surface area contributed by atoms with E-state index in [-0.39, 0.29) is 38.9 Å². The number of hydrogen-bond acceptors (Lipinski definition) is 4. The van der Waals surface area contributed by atoms with Crippen LogP contribution < -0.4 is 15.5 Å². The van der Waals surface area contributed by atoms with Gasteiger partial charge in [0.2, 0.25) is 5.91 Å².